The number of benzene rings is 1. The normalized spacial score (nSPS) is 12.9. The number of amides is 1. The maximum absolute atomic E-state index is 12.7. The molecule has 10 heteroatoms. The molecule has 0 spiro atoms. The summed E-state index contributed by atoms with van der Waals surface area (Å²) in [5, 5.41) is 6.88. The van der Waals surface area contributed by atoms with Gasteiger partial charge in [0.15, 0.2) is 0 Å². The number of hydrogen-bond donors (Lipinski definition) is 2. The smallest absolute Gasteiger partial charge is 0.416 e. The van der Waals surface area contributed by atoms with Crippen LogP contribution in [0, 0.1) is 0 Å². The molecule has 1 rings (SSSR count). The number of carbonyl (C=O) groups is 1. The highest BCUT2D eigenvalue weighted by Gasteiger charge is 2.32. The van der Waals surface area contributed by atoms with Crippen LogP contribution in [0.3, 0.4) is 0 Å². The van der Waals surface area contributed by atoms with Crippen LogP contribution in [0.2, 0.25) is 0 Å². The van der Waals surface area contributed by atoms with E-state index in [9.17, 15) is 26.4 Å². The number of carbonyl (C=O) groups excluding carboxylic acids is 1. The Morgan fingerprint density at radius 3 is 2.18 bits per heavy atom. The van der Waals surface area contributed by atoms with E-state index in [0.29, 0.717) is 18.2 Å². The van der Waals surface area contributed by atoms with Crippen LogP contribution >= 0.6 is 0 Å². The van der Waals surface area contributed by atoms with Gasteiger partial charge >= 0.3 is 12.3 Å². The Bertz CT molecular complexity index is 679. The van der Waals surface area contributed by atoms with Gasteiger partial charge in [0.1, 0.15) is 10.5 Å². The van der Waals surface area contributed by atoms with Gasteiger partial charge < -0.3 is 4.74 Å². The quantitative estimate of drug-likeness (QED) is 0.865. The summed E-state index contributed by atoms with van der Waals surface area (Å²) in [7, 11) is -4.32. The summed E-state index contributed by atoms with van der Waals surface area (Å²) >= 11 is 0. The summed E-state index contributed by atoms with van der Waals surface area (Å²) < 4.78 is 65.7. The zero-order valence-electron chi connectivity index (χ0n) is 12.0. The Labute approximate surface area is 125 Å². The monoisotopic (exact) mass is 340 g/mol. The van der Waals surface area contributed by atoms with Gasteiger partial charge in [0, 0.05) is 0 Å². The van der Waals surface area contributed by atoms with Crippen molar-refractivity contribution >= 4 is 21.8 Å². The fourth-order valence-corrected chi connectivity index (χ4v) is 2.14. The Morgan fingerprint density at radius 2 is 1.77 bits per heavy atom. The number of hydrogen-bond acceptors (Lipinski definition) is 4. The Morgan fingerprint density at radius 1 is 1.23 bits per heavy atom. The first-order valence-electron chi connectivity index (χ1n) is 5.94. The second-order valence-corrected chi connectivity index (χ2v) is 6.91. The van der Waals surface area contributed by atoms with E-state index >= 15 is 0 Å². The van der Waals surface area contributed by atoms with Crippen LogP contribution in [0.5, 0.6) is 0 Å². The molecule has 1 aromatic rings. The molecule has 0 atom stereocenters. The fourth-order valence-electron chi connectivity index (χ4n) is 1.47. The lowest BCUT2D eigenvalue weighted by atomic mass is 10.2. The van der Waals surface area contributed by atoms with Gasteiger partial charge in [-0.25, -0.2) is 18.4 Å². The molecule has 0 aliphatic heterocycles. The van der Waals surface area contributed by atoms with E-state index in [2.05, 4.69) is 0 Å². The predicted octanol–water partition coefficient (Wildman–Crippen LogP) is 2.70. The van der Waals surface area contributed by atoms with E-state index in [1.165, 1.54) is 0 Å². The molecule has 0 radical (unpaired) electrons. The van der Waals surface area contributed by atoms with E-state index in [4.69, 9.17) is 9.88 Å². The van der Waals surface area contributed by atoms with Crippen LogP contribution in [0.4, 0.5) is 23.7 Å². The third kappa shape index (κ3) is 5.19. The molecule has 0 saturated carbocycles. The summed E-state index contributed by atoms with van der Waals surface area (Å²) in [5.41, 5.74) is -2.65. The molecule has 22 heavy (non-hydrogen) atoms. The number of alkyl halides is 3. The molecule has 0 heterocycles. The second-order valence-electron chi connectivity index (χ2n) is 5.38. The van der Waals surface area contributed by atoms with Gasteiger partial charge in [-0.15, -0.1) is 0 Å². The molecule has 0 aliphatic rings. The SMILES string of the molecule is CC(C)(C)OC(=O)Nc1cc(C(F)(F)F)ccc1S(N)(=O)=O. The topological polar surface area (TPSA) is 98.5 Å². The Balaban J connectivity index is 3.27. The van der Waals surface area contributed by atoms with Crippen molar-refractivity contribution in [2.75, 3.05) is 5.32 Å². The minimum absolute atomic E-state index is 0.476. The first-order valence-corrected chi connectivity index (χ1v) is 7.49. The molecule has 0 saturated heterocycles. The highest BCUT2D eigenvalue weighted by molar-refractivity contribution is 7.89. The largest absolute Gasteiger partial charge is 0.444 e. The third-order valence-corrected chi connectivity index (χ3v) is 3.22. The minimum Gasteiger partial charge on any atom is -0.444 e. The molecule has 0 aromatic heterocycles. The maximum Gasteiger partial charge on any atom is 0.416 e. The molecule has 6 nitrogen and oxygen atoms in total. The molecule has 0 fully saturated rings. The van der Waals surface area contributed by atoms with Gasteiger partial charge in [-0.05, 0) is 39.0 Å². The minimum atomic E-state index is -4.71. The van der Waals surface area contributed by atoms with Gasteiger partial charge in [0.2, 0.25) is 10.0 Å². The van der Waals surface area contributed by atoms with E-state index in [1.54, 1.807) is 20.8 Å². The lowest BCUT2D eigenvalue weighted by Crippen LogP contribution is -2.28. The van der Waals surface area contributed by atoms with Crippen molar-refractivity contribution in [3.8, 4) is 0 Å². The summed E-state index contributed by atoms with van der Waals surface area (Å²) in [6.45, 7) is 4.62. The standard InChI is InChI=1S/C12H15F3N2O4S/c1-11(2,3)21-10(18)17-8-6-7(12(13,14)15)4-5-9(8)22(16,19)20/h4-6H,1-3H3,(H,17,18)(H2,16,19,20). The summed E-state index contributed by atoms with van der Waals surface area (Å²) in [4.78, 5) is 11.0. The van der Waals surface area contributed by atoms with Gasteiger partial charge in [-0.3, -0.25) is 5.32 Å². The van der Waals surface area contributed by atoms with Gasteiger partial charge in [0.05, 0.1) is 11.3 Å². The Hall–Kier alpha value is -1.81. The third-order valence-electron chi connectivity index (χ3n) is 2.25. The molecule has 1 amide bonds. The van der Waals surface area contributed by atoms with Crippen LogP contribution < -0.4 is 10.5 Å². The van der Waals surface area contributed by atoms with Crippen LogP contribution in [0.25, 0.3) is 0 Å². The molecule has 0 bridgehead atoms. The lowest BCUT2D eigenvalue weighted by molar-refractivity contribution is -0.137. The maximum atomic E-state index is 12.7. The molecule has 124 valence electrons. The van der Waals surface area contributed by atoms with Crippen molar-refractivity contribution in [1.82, 2.24) is 0 Å². The number of anilines is 1. The molecule has 3 N–H and O–H groups in total. The van der Waals surface area contributed by atoms with Crippen LogP contribution in [0.15, 0.2) is 23.1 Å². The summed E-state index contributed by atoms with van der Waals surface area (Å²) in [6, 6.07) is 1.70. The van der Waals surface area contributed by atoms with Gasteiger partial charge in [-0.2, -0.15) is 13.2 Å². The summed E-state index contributed by atoms with van der Waals surface area (Å²) in [5.74, 6) is 0. The number of sulfonamides is 1. The number of nitrogens with two attached hydrogens (primary N) is 1. The fraction of sp³-hybridized carbons (Fsp3) is 0.417. The van der Waals surface area contributed by atoms with Crippen molar-refractivity contribution in [2.24, 2.45) is 5.14 Å². The number of primary sulfonamides is 1. The first-order chi connectivity index (χ1) is 9.70. The van der Waals surface area contributed by atoms with Crippen LogP contribution in [-0.2, 0) is 20.9 Å². The molecule has 1 aromatic carbocycles. The van der Waals surface area contributed by atoms with Crippen molar-refractivity contribution in [1.29, 1.82) is 0 Å². The van der Waals surface area contributed by atoms with Crippen molar-refractivity contribution < 1.29 is 31.1 Å². The molecular weight excluding hydrogens is 325 g/mol. The average Bonchev–Trinajstić information content (AvgIpc) is 2.23. The van der Waals surface area contributed by atoms with E-state index in [1.807, 2.05) is 5.32 Å². The van der Waals surface area contributed by atoms with Gasteiger partial charge in [-0.1, -0.05) is 0 Å². The zero-order valence-corrected chi connectivity index (χ0v) is 12.8. The van der Waals surface area contributed by atoms with E-state index in [0.717, 1.165) is 0 Å². The summed E-state index contributed by atoms with van der Waals surface area (Å²) in [6.07, 6.45) is -5.81. The number of rotatable bonds is 2. The van der Waals surface area contributed by atoms with E-state index in [-0.39, 0.29) is 0 Å². The first kappa shape index (κ1) is 18.2. The van der Waals surface area contributed by atoms with E-state index < -0.39 is 44.0 Å². The molecular formula is C12H15F3N2O4S. The number of nitrogens with one attached hydrogen (secondary N) is 1. The number of ether oxygens (including phenoxy) is 1. The van der Waals surface area contributed by atoms with Crippen LogP contribution in [0.1, 0.15) is 26.3 Å². The van der Waals surface area contributed by atoms with Crippen molar-refractivity contribution in [3.05, 3.63) is 23.8 Å². The lowest BCUT2D eigenvalue weighted by Gasteiger charge is -2.20. The van der Waals surface area contributed by atoms with Crippen molar-refractivity contribution in [3.63, 3.8) is 0 Å². The van der Waals surface area contributed by atoms with Crippen LogP contribution in [-0.4, -0.2) is 20.1 Å². The Kier molecular flexibility index (Phi) is 4.78. The average molecular weight is 340 g/mol. The highest BCUT2D eigenvalue weighted by atomic mass is 32.2. The zero-order chi connectivity index (χ0) is 17.3. The highest BCUT2D eigenvalue weighted by Crippen LogP contribution is 2.33. The number of halogens is 3. The molecule has 0 unspecified atom stereocenters. The second kappa shape index (κ2) is 5.76. The van der Waals surface area contributed by atoms with Crippen molar-refractivity contribution in [2.45, 2.75) is 37.4 Å². The predicted molar refractivity (Wildman–Crippen MR) is 72.7 cm³/mol. The molecule has 0 aliphatic carbocycles. The van der Waals surface area contributed by atoms with Gasteiger partial charge in [0.25, 0.3) is 0 Å².